The van der Waals surface area contributed by atoms with Gasteiger partial charge in [0.1, 0.15) is 29.7 Å². The first-order chi connectivity index (χ1) is 21.4. The summed E-state index contributed by atoms with van der Waals surface area (Å²) >= 11 is 1.46. The van der Waals surface area contributed by atoms with Crippen molar-refractivity contribution in [1.82, 2.24) is 14.7 Å². The van der Waals surface area contributed by atoms with Crippen LogP contribution in [0.5, 0.6) is 11.5 Å². The Labute approximate surface area is 260 Å². The minimum atomic E-state index is -0.403. The summed E-state index contributed by atoms with van der Waals surface area (Å²) in [4.78, 5) is 31.2. The van der Waals surface area contributed by atoms with Crippen LogP contribution in [-0.4, -0.2) is 66.1 Å². The van der Waals surface area contributed by atoms with Crippen LogP contribution in [0.3, 0.4) is 0 Å². The highest BCUT2D eigenvalue weighted by Crippen LogP contribution is 2.51. The van der Waals surface area contributed by atoms with Gasteiger partial charge in [0, 0.05) is 29.8 Å². The third-order valence-corrected chi connectivity index (χ3v) is 9.59. The summed E-state index contributed by atoms with van der Waals surface area (Å²) in [6, 6.07) is 21.4. The Morgan fingerprint density at radius 2 is 1.73 bits per heavy atom. The molecular formula is C34H35FN4O4S. The summed E-state index contributed by atoms with van der Waals surface area (Å²) < 4.78 is 27.2. The van der Waals surface area contributed by atoms with Crippen molar-refractivity contribution in [3.63, 3.8) is 0 Å². The molecule has 8 nitrogen and oxygen atoms in total. The number of hydrogen-bond acceptors (Lipinski definition) is 6. The third-order valence-electron chi connectivity index (χ3n) is 8.36. The van der Waals surface area contributed by atoms with E-state index in [4.69, 9.17) is 14.6 Å². The van der Waals surface area contributed by atoms with Gasteiger partial charge in [-0.05, 0) is 61.2 Å². The Morgan fingerprint density at radius 1 is 1.00 bits per heavy atom. The fourth-order valence-corrected chi connectivity index (χ4v) is 7.09. The molecule has 0 radical (unpaired) electrons. The maximum absolute atomic E-state index is 14.1. The number of methoxy groups -OCH3 is 2. The predicted molar refractivity (Wildman–Crippen MR) is 170 cm³/mol. The smallest absolute Gasteiger partial charge is 0.242 e. The first kappa shape index (κ1) is 29.7. The molecule has 0 N–H and O–H groups in total. The van der Waals surface area contributed by atoms with Crippen molar-refractivity contribution in [2.24, 2.45) is 5.92 Å². The van der Waals surface area contributed by atoms with E-state index >= 15 is 0 Å². The molecule has 0 bridgehead atoms. The Hall–Kier alpha value is -4.31. The number of hydrogen-bond donors (Lipinski definition) is 0. The fourth-order valence-electron chi connectivity index (χ4n) is 5.87. The highest BCUT2D eigenvalue weighted by Gasteiger charge is 2.39. The van der Waals surface area contributed by atoms with Crippen molar-refractivity contribution >= 4 is 29.4 Å². The monoisotopic (exact) mass is 614 g/mol. The molecule has 1 aromatic heterocycles. The lowest BCUT2D eigenvalue weighted by Gasteiger charge is -2.32. The molecule has 1 unspecified atom stereocenters. The van der Waals surface area contributed by atoms with Crippen molar-refractivity contribution in [2.75, 3.05) is 44.5 Å². The van der Waals surface area contributed by atoms with Gasteiger partial charge < -0.3 is 14.4 Å². The first-order valence-corrected chi connectivity index (χ1v) is 15.8. The van der Waals surface area contributed by atoms with Gasteiger partial charge in [0.25, 0.3) is 0 Å². The Bertz CT molecular complexity index is 1650. The van der Waals surface area contributed by atoms with Crippen LogP contribution in [0.15, 0.2) is 72.8 Å². The second-order valence-electron chi connectivity index (χ2n) is 11.2. The molecule has 2 aliphatic heterocycles. The van der Waals surface area contributed by atoms with Gasteiger partial charge in [-0.1, -0.05) is 37.3 Å². The van der Waals surface area contributed by atoms with Gasteiger partial charge in [0.2, 0.25) is 11.8 Å². The molecule has 2 aliphatic rings. The topological polar surface area (TPSA) is 76.9 Å². The molecule has 1 fully saturated rings. The highest BCUT2D eigenvalue weighted by molar-refractivity contribution is 8.00. The summed E-state index contributed by atoms with van der Waals surface area (Å²) in [6.45, 7) is 3.41. The molecule has 0 aliphatic carbocycles. The van der Waals surface area contributed by atoms with E-state index in [0.29, 0.717) is 47.7 Å². The standard InChI is InChI=1S/C34H35FN4O4S/c1-22-15-17-37(18-16-22)29(40)20-38-30(41)21-44-33(27-19-26(42-2)13-14-28(27)43-3)31-32(23-7-5-4-6-8-23)36-39(34(31)38)25-11-9-24(35)10-12-25/h4-14,19,22,33H,15-18,20-21H2,1-3H3. The number of nitrogens with zero attached hydrogens (tertiary/aromatic N) is 4. The number of benzene rings is 3. The number of carbonyl (C=O) groups is 2. The van der Waals surface area contributed by atoms with Gasteiger partial charge in [-0.15, -0.1) is 11.8 Å². The second-order valence-corrected chi connectivity index (χ2v) is 12.3. The predicted octanol–water partition coefficient (Wildman–Crippen LogP) is 6.12. The number of ether oxygens (including phenoxy) is 2. The quantitative estimate of drug-likeness (QED) is 0.250. The zero-order valence-electron chi connectivity index (χ0n) is 25.0. The lowest BCUT2D eigenvalue weighted by atomic mass is 9.98. The van der Waals surface area contributed by atoms with Crippen LogP contribution in [0, 0.1) is 11.7 Å². The van der Waals surface area contributed by atoms with Crippen LogP contribution < -0.4 is 14.4 Å². The molecule has 0 saturated carbocycles. The SMILES string of the molecule is COc1ccc(OC)c(C2SCC(=O)N(CC(=O)N3CCC(C)CC3)c3c2c(-c2ccccc2)nn3-c2ccc(F)cc2)c1. The van der Waals surface area contributed by atoms with Crippen molar-refractivity contribution in [3.8, 4) is 28.4 Å². The summed E-state index contributed by atoms with van der Waals surface area (Å²) in [7, 11) is 3.22. The van der Waals surface area contributed by atoms with E-state index in [1.807, 2.05) is 53.4 Å². The van der Waals surface area contributed by atoms with Crippen molar-refractivity contribution in [1.29, 1.82) is 0 Å². The number of anilines is 1. The highest BCUT2D eigenvalue weighted by atomic mass is 32.2. The Kier molecular flexibility index (Phi) is 8.61. The molecule has 2 amide bonds. The third kappa shape index (κ3) is 5.78. The molecule has 1 saturated heterocycles. The average molecular weight is 615 g/mol. The summed E-state index contributed by atoms with van der Waals surface area (Å²) in [6.07, 6.45) is 1.87. The minimum Gasteiger partial charge on any atom is -0.497 e. The van der Waals surface area contributed by atoms with E-state index in [1.165, 1.54) is 23.9 Å². The van der Waals surface area contributed by atoms with Crippen LogP contribution in [0.4, 0.5) is 10.2 Å². The zero-order valence-corrected chi connectivity index (χ0v) is 25.9. The van der Waals surface area contributed by atoms with Crippen LogP contribution in [0.1, 0.15) is 36.1 Å². The zero-order chi connectivity index (χ0) is 30.8. The Balaban J connectivity index is 1.59. The van der Waals surface area contributed by atoms with Gasteiger partial charge in [-0.2, -0.15) is 5.10 Å². The molecule has 4 aromatic rings. The van der Waals surface area contributed by atoms with Crippen molar-refractivity contribution in [2.45, 2.75) is 25.0 Å². The van der Waals surface area contributed by atoms with Gasteiger partial charge in [-0.3, -0.25) is 14.5 Å². The number of aromatic nitrogens is 2. The Morgan fingerprint density at radius 3 is 2.41 bits per heavy atom. The summed E-state index contributed by atoms with van der Waals surface area (Å²) in [5.41, 5.74) is 3.67. The van der Waals surface area contributed by atoms with Crippen molar-refractivity contribution in [3.05, 3.63) is 89.7 Å². The van der Waals surface area contributed by atoms with Crippen molar-refractivity contribution < 1.29 is 23.5 Å². The number of amides is 2. The first-order valence-electron chi connectivity index (χ1n) is 14.7. The number of rotatable bonds is 7. The molecule has 3 aromatic carbocycles. The van der Waals surface area contributed by atoms with Gasteiger partial charge in [0.15, 0.2) is 0 Å². The molecule has 3 heterocycles. The van der Waals surface area contributed by atoms with Crippen LogP contribution in [0.25, 0.3) is 16.9 Å². The van der Waals surface area contributed by atoms with E-state index in [9.17, 15) is 14.0 Å². The van der Waals surface area contributed by atoms with E-state index in [2.05, 4.69) is 6.92 Å². The number of likely N-dealkylation sites (tertiary alicyclic amines) is 1. The average Bonchev–Trinajstić information content (AvgIpc) is 3.38. The maximum atomic E-state index is 14.1. The van der Waals surface area contributed by atoms with E-state index in [-0.39, 0.29) is 29.9 Å². The largest absolute Gasteiger partial charge is 0.497 e. The number of halogens is 1. The minimum absolute atomic E-state index is 0.105. The molecular weight excluding hydrogens is 579 g/mol. The van der Waals surface area contributed by atoms with E-state index in [0.717, 1.165) is 29.5 Å². The lowest BCUT2D eigenvalue weighted by molar-refractivity contribution is -0.132. The maximum Gasteiger partial charge on any atom is 0.242 e. The molecule has 228 valence electrons. The van der Waals surface area contributed by atoms with Gasteiger partial charge in [-0.25, -0.2) is 9.07 Å². The summed E-state index contributed by atoms with van der Waals surface area (Å²) in [5.74, 6) is 1.77. The van der Waals surface area contributed by atoms with E-state index < -0.39 is 5.25 Å². The molecule has 0 spiro atoms. The molecule has 44 heavy (non-hydrogen) atoms. The molecule has 1 atom stereocenters. The van der Waals surface area contributed by atoms with Crippen LogP contribution in [-0.2, 0) is 9.59 Å². The van der Waals surface area contributed by atoms with Gasteiger partial charge >= 0.3 is 0 Å². The number of thioether (sulfide) groups is 1. The molecule has 6 rings (SSSR count). The van der Waals surface area contributed by atoms with Gasteiger partial charge in [0.05, 0.1) is 36.6 Å². The summed E-state index contributed by atoms with van der Waals surface area (Å²) in [5, 5.41) is 4.68. The molecule has 10 heteroatoms. The number of fused-ring (bicyclic) bond motifs is 1. The lowest BCUT2D eigenvalue weighted by Crippen LogP contribution is -2.46. The number of piperidine rings is 1. The normalized spacial score (nSPS) is 17.3. The van der Waals surface area contributed by atoms with Crippen LogP contribution >= 0.6 is 11.8 Å². The number of carbonyl (C=O) groups excluding carboxylic acids is 2. The van der Waals surface area contributed by atoms with Crippen LogP contribution in [0.2, 0.25) is 0 Å². The second kappa shape index (κ2) is 12.7. The van der Waals surface area contributed by atoms with E-state index in [1.54, 1.807) is 35.9 Å². The fraction of sp³-hybridized carbons (Fsp3) is 0.324.